The fourth-order valence-corrected chi connectivity index (χ4v) is 4.69. The molecule has 10 heteroatoms. The lowest BCUT2D eigenvalue weighted by molar-refractivity contribution is -0.384. The van der Waals surface area contributed by atoms with E-state index in [1.165, 1.54) is 12.1 Å². The molecule has 1 aromatic carbocycles. The summed E-state index contributed by atoms with van der Waals surface area (Å²) < 4.78 is 1.84. The zero-order valence-electron chi connectivity index (χ0n) is 16.0. The van der Waals surface area contributed by atoms with Crippen LogP contribution in [0.1, 0.15) is 0 Å². The zero-order chi connectivity index (χ0) is 20.7. The highest BCUT2D eigenvalue weighted by atomic mass is 32.1. The van der Waals surface area contributed by atoms with Gasteiger partial charge in [-0.1, -0.05) is 11.3 Å². The molecule has 0 atom stereocenters. The van der Waals surface area contributed by atoms with Gasteiger partial charge >= 0.3 is 0 Å². The molecular weight excluding hydrogens is 404 g/mol. The highest BCUT2D eigenvalue weighted by molar-refractivity contribution is 7.21. The molecule has 1 aliphatic rings. The van der Waals surface area contributed by atoms with Crippen molar-refractivity contribution in [2.75, 3.05) is 31.1 Å². The number of piperazine rings is 1. The van der Waals surface area contributed by atoms with Crippen LogP contribution < -0.4 is 4.90 Å². The Morgan fingerprint density at radius 1 is 1.17 bits per heavy atom. The molecule has 0 radical (unpaired) electrons. The average molecular weight is 422 g/mol. The quantitative estimate of drug-likeness (QED) is 0.371. The molecule has 9 nitrogen and oxygen atoms in total. The van der Waals surface area contributed by atoms with Crippen LogP contribution in [0.25, 0.3) is 21.3 Å². The van der Waals surface area contributed by atoms with Crippen LogP contribution in [0.15, 0.2) is 48.8 Å². The Kier molecular flexibility index (Phi) is 4.55. The molecule has 0 bridgehead atoms. The van der Waals surface area contributed by atoms with Gasteiger partial charge in [-0.05, 0) is 24.3 Å². The number of anilines is 1. The molecule has 5 rings (SSSR count). The highest BCUT2D eigenvalue weighted by Crippen LogP contribution is 2.28. The summed E-state index contributed by atoms with van der Waals surface area (Å²) in [5.74, 6) is 0.0384. The van der Waals surface area contributed by atoms with E-state index in [0.29, 0.717) is 13.1 Å². The maximum absolute atomic E-state index is 12.8. The van der Waals surface area contributed by atoms with Crippen LogP contribution in [-0.4, -0.2) is 56.4 Å². The fourth-order valence-electron chi connectivity index (χ4n) is 3.73. The van der Waals surface area contributed by atoms with Gasteiger partial charge in [0.15, 0.2) is 5.13 Å². The van der Waals surface area contributed by atoms with Gasteiger partial charge in [0, 0.05) is 61.6 Å². The average Bonchev–Trinajstić information content (AvgIpc) is 3.37. The molecule has 4 heterocycles. The number of carbonyl (C=O) groups excluding carboxylic acids is 1. The number of nitro benzene ring substituents is 1. The van der Waals surface area contributed by atoms with Crippen LogP contribution in [0, 0.1) is 10.1 Å². The predicted octanol–water partition coefficient (Wildman–Crippen LogP) is 2.90. The minimum absolute atomic E-state index is 0.0384. The van der Waals surface area contributed by atoms with Crippen molar-refractivity contribution in [3.8, 4) is 0 Å². The molecule has 1 aliphatic heterocycles. The van der Waals surface area contributed by atoms with Crippen LogP contribution in [0.3, 0.4) is 0 Å². The largest absolute Gasteiger partial charge is 0.344 e. The van der Waals surface area contributed by atoms with Crippen LogP contribution >= 0.6 is 11.3 Å². The van der Waals surface area contributed by atoms with E-state index in [-0.39, 0.29) is 18.1 Å². The first-order valence-corrected chi connectivity index (χ1v) is 10.4. The van der Waals surface area contributed by atoms with Gasteiger partial charge in [-0.3, -0.25) is 14.9 Å². The van der Waals surface area contributed by atoms with Crippen LogP contribution in [0.4, 0.5) is 10.8 Å². The SMILES string of the molecule is O=C(Cn1ccc2cc([N+](=O)[O-])ccc21)N1CCN(c2nc3cccnc3s2)CC1. The van der Waals surface area contributed by atoms with Gasteiger partial charge in [0.25, 0.3) is 5.69 Å². The molecule has 0 N–H and O–H groups in total. The Hall–Kier alpha value is -3.53. The van der Waals surface area contributed by atoms with Crippen LogP contribution in [0.5, 0.6) is 0 Å². The molecule has 0 unspecified atom stereocenters. The predicted molar refractivity (Wildman–Crippen MR) is 115 cm³/mol. The monoisotopic (exact) mass is 422 g/mol. The molecule has 1 fully saturated rings. The molecule has 152 valence electrons. The summed E-state index contributed by atoms with van der Waals surface area (Å²) in [5, 5.41) is 12.6. The number of thiazole rings is 1. The minimum atomic E-state index is -0.414. The van der Waals surface area contributed by atoms with Gasteiger partial charge in [-0.2, -0.15) is 0 Å². The Morgan fingerprint density at radius 2 is 2.00 bits per heavy atom. The van der Waals surface area contributed by atoms with Crippen molar-refractivity contribution in [1.29, 1.82) is 0 Å². The summed E-state index contributed by atoms with van der Waals surface area (Å²) in [7, 11) is 0. The van der Waals surface area contributed by atoms with Gasteiger partial charge in [0.05, 0.1) is 4.92 Å². The van der Waals surface area contributed by atoms with Crippen molar-refractivity contribution in [3.05, 3.63) is 58.9 Å². The van der Waals surface area contributed by atoms with Crippen molar-refractivity contribution in [3.63, 3.8) is 0 Å². The van der Waals surface area contributed by atoms with Crippen molar-refractivity contribution < 1.29 is 9.72 Å². The Balaban J connectivity index is 1.25. The number of amides is 1. The van der Waals surface area contributed by atoms with Crippen molar-refractivity contribution in [2.24, 2.45) is 0 Å². The molecule has 4 aromatic rings. The van der Waals surface area contributed by atoms with E-state index >= 15 is 0 Å². The topological polar surface area (TPSA) is 97.4 Å². The number of rotatable bonds is 4. The van der Waals surface area contributed by atoms with Crippen molar-refractivity contribution >= 4 is 49.3 Å². The fraction of sp³-hybridized carbons (Fsp3) is 0.250. The van der Waals surface area contributed by atoms with Gasteiger partial charge in [-0.25, -0.2) is 9.97 Å². The Labute approximate surface area is 175 Å². The third kappa shape index (κ3) is 3.35. The van der Waals surface area contributed by atoms with Crippen molar-refractivity contribution in [2.45, 2.75) is 6.54 Å². The van der Waals surface area contributed by atoms with Crippen LogP contribution in [-0.2, 0) is 11.3 Å². The number of carbonyl (C=O) groups is 1. The number of pyridine rings is 1. The van der Waals surface area contributed by atoms with E-state index in [1.807, 2.05) is 21.6 Å². The number of benzene rings is 1. The van der Waals surface area contributed by atoms with E-state index in [9.17, 15) is 14.9 Å². The van der Waals surface area contributed by atoms with E-state index in [0.717, 1.165) is 39.5 Å². The Morgan fingerprint density at radius 3 is 2.77 bits per heavy atom. The number of fused-ring (bicyclic) bond motifs is 2. The summed E-state index contributed by atoms with van der Waals surface area (Å²) >= 11 is 1.57. The molecular formula is C20H18N6O3S. The molecule has 0 saturated carbocycles. The lowest BCUT2D eigenvalue weighted by Crippen LogP contribution is -2.49. The van der Waals surface area contributed by atoms with Crippen molar-refractivity contribution in [1.82, 2.24) is 19.4 Å². The number of hydrogen-bond donors (Lipinski definition) is 0. The summed E-state index contributed by atoms with van der Waals surface area (Å²) in [6.45, 7) is 2.93. The first kappa shape index (κ1) is 18.5. The minimum Gasteiger partial charge on any atom is -0.344 e. The summed E-state index contributed by atoms with van der Waals surface area (Å²) in [5.41, 5.74) is 1.76. The number of hydrogen-bond acceptors (Lipinski definition) is 7. The lowest BCUT2D eigenvalue weighted by Gasteiger charge is -2.34. The number of nitrogens with zero attached hydrogens (tertiary/aromatic N) is 6. The highest BCUT2D eigenvalue weighted by Gasteiger charge is 2.23. The second-order valence-corrected chi connectivity index (χ2v) is 8.09. The van der Waals surface area contributed by atoms with E-state index in [2.05, 4.69) is 14.9 Å². The maximum Gasteiger partial charge on any atom is 0.270 e. The summed E-state index contributed by atoms with van der Waals surface area (Å²) in [6, 6.07) is 10.3. The van der Waals surface area contributed by atoms with Gasteiger partial charge < -0.3 is 14.4 Å². The first-order valence-electron chi connectivity index (χ1n) is 9.56. The number of non-ortho nitro benzene ring substituents is 1. The zero-order valence-corrected chi connectivity index (χ0v) is 16.8. The van der Waals surface area contributed by atoms with Gasteiger partial charge in [-0.15, -0.1) is 0 Å². The lowest BCUT2D eigenvalue weighted by atomic mass is 10.2. The third-order valence-electron chi connectivity index (χ3n) is 5.33. The van der Waals surface area contributed by atoms with Gasteiger partial charge in [0.2, 0.25) is 5.91 Å². The second-order valence-electron chi connectivity index (χ2n) is 7.14. The molecule has 1 saturated heterocycles. The smallest absolute Gasteiger partial charge is 0.270 e. The number of nitro groups is 1. The van der Waals surface area contributed by atoms with E-state index < -0.39 is 4.92 Å². The maximum atomic E-state index is 12.8. The normalized spacial score (nSPS) is 14.5. The Bertz CT molecular complexity index is 1220. The molecule has 0 aliphatic carbocycles. The van der Waals surface area contributed by atoms with Gasteiger partial charge in [0.1, 0.15) is 16.9 Å². The number of aromatic nitrogens is 3. The third-order valence-corrected chi connectivity index (χ3v) is 6.37. The molecule has 30 heavy (non-hydrogen) atoms. The summed E-state index contributed by atoms with van der Waals surface area (Å²) in [4.78, 5) is 37.3. The van der Waals surface area contributed by atoms with Crippen LogP contribution in [0.2, 0.25) is 0 Å². The van der Waals surface area contributed by atoms with E-state index in [4.69, 9.17) is 0 Å². The van der Waals surface area contributed by atoms with E-state index in [1.54, 1.807) is 35.9 Å². The standard InChI is InChI=1S/C20H18N6O3S/c27-18(13-25-7-5-14-12-15(26(28)29)3-4-17(14)25)23-8-10-24(11-9-23)20-22-16-2-1-6-21-19(16)30-20/h1-7,12H,8-11,13H2. The second kappa shape index (κ2) is 7.38. The molecule has 3 aromatic heterocycles. The first-order chi connectivity index (χ1) is 14.6. The molecule has 0 spiro atoms. The molecule has 1 amide bonds. The summed E-state index contributed by atoms with van der Waals surface area (Å²) in [6.07, 6.45) is 3.57.